The number of likely N-dealkylation sites (N-methyl/N-ethyl adjacent to an activating group) is 1. The Bertz CT molecular complexity index is 344. The topological polar surface area (TPSA) is 29.3 Å². The van der Waals surface area contributed by atoms with Gasteiger partial charge in [0, 0.05) is 25.3 Å². The number of nitrogens with zero attached hydrogens (tertiary/aromatic N) is 1. The van der Waals surface area contributed by atoms with Crippen molar-refractivity contribution in [2.24, 2.45) is 11.7 Å². The first-order valence-corrected chi connectivity index (χ1v) is 6.22. The molecule has 2 rings (SSSR count). The monoisotopic (exact) mass is 218 g/mol. The number of anilines is 1. The van der Waals surface area contributed by atoms with Gasteiger partial charge in [-0.3, -0.25) is 0 Å². The standard InChI is InChI=1S/C14H22N2/c1-11-5-3-8-13(9-11)16(2)14(10-15)12-6-4-7-12/h3,5,8-9,12,14H,4,6-7,10,15H2,1-2H3. The van der Waals surface area contributed by atoms with Crippen LogP contribution in [0.1, 0.15) is 24.8 Å². The van der Waals surface area contributed by atoms with Gasteiger partial charge in [-0.1, -0.05) is 18.6 Å². The van der Waals surface area contributed by atoms with Crippen LogP contribution in [0.3, 0.4) is 0 Å². The van der Waals surface area contributed by atoms with Crippen LogP contribution < -0.4 is 10.6 Å². The largest absolute Gasteiger partial charge is 0.370 e. The number of hydrogen-bond acceptors (Lipinski definition) is 2. The molecule has 88 valence electrons. The molecule has 1 saturated carbocycles. The van der Waals surface area contributed by atoms with E-state index in [-0.39, 0.29) is 0 Å². The van der Waals surface area contributed by atoms with E-state index in [1.165, 1.54) is 30.5 Å². The maximum Gasteiger partial charge on any atom is 0.0437 e. The second kappa shape index (κ2) is 4.88. The predicted molar refractivity (Wildman–Crippen MR) is 69.8 cm³/mol. The molecule has 1 aliphatic rings. The highest BCUT2D eigenvalue weighted by Crippen LogP contribution is 2.33. The first kappa shape index (κ1) is 11.5. The van der Waals surface area contributed by atoms with Gasteiger partial charge in [-0.15, -0.1) is 0 Å². The Kier molecular flexibility index (Phi) is 3.49. The molecule has 16 heavy (non-hydrogen) atoms. The molecular formula is C14H22N2. The van der Waals surface area contributed by atoms with Gasteiger partial charge < -0.3 is 10.6 Å². The van der Waals surface area contributed by atoms with Crippen LogP contribution in [0.25, 0.3) is 0 Å². The van der Waals surface area contributed by atoms with Gasteiger partial charge in [-0.2, -0.15) is 0 Å². The van der Waals surface area contributed by atoms with Gasteiger partial charge in [0.05, 0.1) is 0 Å². The molecule has 1 atom stereocenters. The summed E-state index contributed by atoms with van der Waals surface area (Å²) in [6, 6.07) is 9.18. The van der Waals surface area contributed by atoms with E-state index in [4.69, 9.17) is 5.73 Å². The summed E-state index contributed by atoms with van der Waals surface area (Å²) in [5, 5.41) is 0. The quantitative estimate of drug-likeness (QED) is 0.841. The lowest BCUT2D eigenvalue weighted by atomic mass is 9.79. The molecule has 1 aliphatic carbocycles. The Labute approximate surface area is 98.4 Å². The third kappa shape index (κ3) is 2.22. The van der Waals surface area contributed by atoms with E-state index >= 15 is 0 Å². The van der Waals surface area contributed by atoms with E-state index in [0.29, 0.717) is 6.04 Å². The van der Waals surface area contributed by atoms with Crippen molar-refractivity contribution >= 4 is 5.69 Å². The summed E-state index contributed by atoms with van der Waals surface area (Å²) in [5.41, 5.74) is 8.53. The van der Waals surface area contributed by atoms with Gasteiger partial charge in [0.2, 0.25) is 0 Å². The molecule has 0 radical (unpaired) electrons. The lowest BCUT2D eigenvalue weighted by molar-refractivity contribution is 0.260. The highest BCUT2D eigenvalue weighted by atomic mass is 15.1. The van der Waals surface area contributed by atoms with Crippen molar-refractivity contribution in [1.82, 2.24) is 0 Å². The maximum atomic E-state index is 5.92. The average Bonchev–Trinajstić information content (AvgIpc) is 2.22. The molecule has 0 aromatic heterocycles. The van der Waals surface area contributed by atoms with Crippen molar-refractivity contribution in [2.75, 3.05) is 18.5 Å². The second-order valence-electron chi connectivity index (χ2n) is 4.94. The lowest BCUT2D eigenvalue weighted by Crippen LogP contribution is -2.46. The second-order valence-corrected chi connectivity index (χ2v) is 4.94. The molecule has 0 amide bonds. The van der Waals surface area contributed by atoms with Crippen LogP contribution in [0.15, 0.2) is 24.3 Å². The first-order chi connectivity index (χ1) is 7.72. The Balaban J connectivity index is 2.12. The molecule has 2 heteroatoms. The molecule has 1 aromatic rings. The number of benzene rings is 1. The van der Waals surface area contributed by atoms with Crippen molar-refractivity contribution in [1.29, 1.82) is 0 Å². The Morgan fingerprint density at radius 2 is 2.19 bits per heavy atom. The summed E-state index contributed by atoms with van der Waals surface area (Å²) in [6.07, 6.45) is 4.07. The first-order valence-electron chi connectivity index (χ1n) is 6.22. The van der Waals surface area contributed by atoms with E-state index in [1.54, 1.807) is 0 Å². The van der Waals surface area contributed by atoms with Crippen LogP contribution in [-0.4, -0.2) is 19.6 Å². The van der Waals surface area contributed by atoms with Crippen LogP contribution in [0, 0.1) is 12.8 Å². The fourth-order valence-corrected chi connectivity index (χ4v) is 2.53. The summed E-state index contributed by atoms with van der Waals surface area (Å²) in [4.78, 5) is 2.36. The normalized spacial score (nSPS) is 17.9. The summed E-state index contributed by atoms with van der Waals surface area (Å²) in [7, 11) is 2.17. The van der Waals surface area contributed by atoms with Crippen LogP contribution >= 0.6 is 0 Å². The van der Waals surface area contributed by atoms with Crippen LogP contribution in [0.5, 0.6) is 0 Å². The SMILES string of the molecule is Cc1cccc(N(C)C(CN)C2CCC2)c1. The van der Waals surface area contributed by atoms with Gasteiger partial charge in [0.1, 0.15) is 0 Å². The van der Waals surface area contributed by atoms with Gasteiger partial charge >= 0.3 is 0 Å². The molecule has 0 bridgehead atoms. The minimum atomic E-state index is 0.510. The number of rotatable bonds is 4. The number of aryl methyl sites for hydroxylation is 1. The molecule has 0 spiro atoms. The molecule has 2 nitrogen and oxygen atoms in total. The Morgan fingerprint density at radius 1 is 1.44 bits per heavy atom. The zero-order valence-electron chi connectivity index (χ0n) is 10.3. The molecule has 1 fully saturated rings. The van der Waals surface area contributed by atoms with E-state index in [2.05, 4.69) is 43.1 Å². The summed E-state index contributed by atoms with van der Waals surface area (Å²) in [5.74, 6) is 0.801. The minimum Gasteiger partial charge on any atom is -0.370 e. The maximum absolute atomic E-state index is 5.92. The fourth-order valence-electron chi connectivity index (χ4n) is 2.53. The smallest absolute Gasteiger partial charge is 0.0437 e. The Hall–Kier alpha value is -1.02. The molecule has 1 unspecified atom stereocenters. The Morgan fingerprint density at radius 3 is 2.69 bits per heavy atom. The summed E-state index contributed by atoms with van der Waals surface area (Å²) in [6.45, 7) is 2.90. The summed E-state index contributed by atoms with van der Waals surface area (Å²) >= 11 is 0. The fraction of sp³-hybridized carbons (Fsp3) is 0.571. The van der Waals surface area contributed by atoms with Crippen LogP contribution in [0.4, 0.5) is 5.69 Å². The zero-order valence-corrected chi connectivity index (χ0v) is 10.3. The lowest BCUT2D eigenvalue weighted by Gasteiger charge is -2.40. The van der Waals surface area contributed by atoms with E-state index in [1.807, 2.05) is 0 Å². The molecule has 0 heterocycles. The number of nitrogens with two attached hydrogens (primary N) is 1. The van der Waals surface area contributed by atoms with Crippen molar-refractivity contribution in [3.63, 3.8) is 0 Å². The van der Waals surface area contributed by atoms with Crippen LogP contribution in [0.2, 0.25) is 0 Å². The third-order valence-electron chi connectivity index (χ3n) is 3.84. The van der Waals surface area contributed by atoms with Gasteiger partial charge in [0.15, 0.2) is 0 Å². The molecule has 0 saturated heterocycles. The van der Waals surface area contributed by atoms with Crippen LogP contribution in [-0.2, 0) is 0 Å². The van der Waals surface area contributed by atoms with Crippen molar-refractivity contribution in [2.45, 2.75) is 32.2 Å². The molecule has 0 aliphatic heterocycles. The van der Waals surface area contributed by atoms with E-state index < -0.39 is 0 Å². The van der Waals surface area contributed by atoms with Crippen molar-refractivity contribution < 1.29 is 0 Å². The third-order valence-corrected chi connectivity index (χ3v) is 3.84. The van der Waals surface area contributed by atoms with Gasteiger partial charge in [-0.25, -0.2) is 0 Å². The van der Waals surface area contributed by atoms with Crippen molar-refractivity contribution in [3.05, 3.63) is 29.8 Å². The number of hydrogen-bond donors (Lipinski definition) is 1. The molecular weight excluding hydrogens is 196 g/mol. The highest BCUT2D eigenvalue weighted by molar-refractivity contribution is 5.48. The van der Waals surface area contributed by atoms with E-state index in [9.17, 15) is 0 Å². The van der Waals surface area contributed by atoms with Gasteiger partial charge in [0.25, 0.3) is 0 Å². The van der Waals surface area contributed by atoms with E-state index in [0.717, 1.165) is 12.5 Å². The molecule has 1 aromatic carbocycles. The van der Waals surface area contributed by atoms with Crippen molar-refractivity contribution in [3.8, 4) is 0 Å². The minimum absolute atomic E-state index is 0.510. The zero-order chi connectivity index (χ0) is 11.5. The van der Waals surface area contributed by atoms with Gasteiger partial charge in [-0.05, 0) is 43.4 Å². The predicted octanol–water partition coefficient (Wildman–Crippen LogP) is 2.56. The highest BCUT2D eigenvalue weighted by Gasteiger charge is 2.29. The summed E-state index contributed by atoms with van der Waals surface area (Å²) < 4.78 is 0. The average molecular weight is 218 g/mol. The molecule has 2 N–H and O–H groups in total.